The van der Waals surface area contributed by atoms with Crippen molar-refractivity contribution < 1.29 is 27.4 Å². The van der Waals surface area contributed by atoms with Crippen LogP contribution in [0.25, 0.3) is 0 Å². The molecule has 1 spiro atoms. The zero-order chi connectivity index (χ0) is 30.6. The molecule has 1 saturated heterocycles. The number of alkyl halides is 2. The Morgan fingerprint density at radius 2 is 1.91 bits per heavy atom. The lowest BCUT2D eigenvalue weighted by molar-refractivity contribution is -0.120. The van der Waals surface area contributed by atoms with Gasteiger partial charge in [-0.3, -0.25) is 9.78 Å². The molecule has 0 unspecified atom stereocenters. The summed E-state index contributed by atoms with van der Waals surface area (Å²) in [6.07, 6.45) is 5.14. The summed E-state index contributed by atoms with van der Waals surface area (Å²) >= 11 is 0. The Labute approximate surface area is 253 Å². The molecule has 13 heteroatoms. The van der Waals surface area contributed by atoms with Gasteiger partial charge in [0.15, 0.2) is 5.82 Å². The average Bonchev–Trinajstić information content (AvgIpc) is 2.94. The zero-order valence-electron chi connectivity index (χ0n) is 24.6. The highest BCUT2D eigenvalue weighted by Gasteiger charge is 2.55. The Bertz CT molecular complexity index is 1570. The minimum atomic E-state index is -2.81. The Hall–Kier alpha value is -4.00. The van der Waals surface area contributed by atoms with Crippen molar-refractivity contribution in [1.82, 2.24) is 30.4 Å². The molecule has 2 aromatic heterocycles. The number of ether oxygens (including phenoxy) is 2. The highest BCUT2D eigenvalue weighted by Crippen LogP contribution is 2.52. The smallest absolute Gasteiger partial charge is 0.282 e. The number of hydrogen-bond acceptors (Lipinski definition) is 9. The predicted octanol–water partition coefficient (Wildman–Crippen LogP) is 4.54. The Balaban J connectivity index is 1.03. The second-order valence-electron chi connectivity index (χ2n) is 12.7. The van der Waals surface area contributed by atoms with Gasteiger partial charge >= 0.3 is 0 Å². The van der Waals surface area contributed by atoms with E-state index >= 15 is 0 Å². The number of aromatic nitrogens is 4. The standard InChI is InChI=1S/C31H34F3N7O3/c1-18(2)41(20-10-31(33,34)11-20)29(42)23-9-19(32)3-4-25(23)44-28-27(37-17-38-39-28)40-15-30(16-40)12-21(13-30)43-26-6-8-36-24-14-35-7-5-22(24)26/h3-4,6,8-9,17-18,20-21,35H,5,7,10-16H2,1-2H3. The third-order valence-corrected chi connectivity index (χ3v) is 9.12. The first-order valence-electron chi connectivity index (χ1n) is 15.0. The molecule has 1 amide bonds. The summed E-state index contributed by atoms with van der Waals surface area (Å²) in [6.45, 7) is 6.63. The number of hydrogen-bond donors (Lipinski definition) is 1. The molecule has 2 saturated carbocycles. The SMILES string of the molecule is CC(C)N(C(=O)c1cc(F)ccc1Oc1nncnc1N1CC2(CC(Oc3ccnc4c3CCNC4)C2)C1)C1CC(F)(F)C1. The third-order valence-electron chi connectivity index (χ3n) is 9.12. The minimum Gasteiger partial charge on any atom is -0.490 e. The largest absolute Gasteiger partial charge is 0.490 e. The number of nitrogens with zero attached hydrogens (tertiary/aromatic N) is 6. The molecule has 2 aliphatic carbocycles. The van der Waals surface area contributed by atoms with Crippen LogP contribution in [0.2, 0.25) is 0 Å². The fourth-order valence-electron chi connectivity index (χ4n) is 7.00. The maximum Gasteiger partial charge on any atom is 0.282 e. The van der Waals surface area contributed by atoms with Crippen molar-refractivity contribution in [3.05, 3.63) is 59.4 Å². The van der Waals surface area contributed by atoms with E-state index in [2.05, 4.69) is 25.5 Å². The van der Waals surface area contributed by atoms with Crippen LogP contribution in [0.1, 0.15) is 61.1 Å². The maximum absolute atomic E-state index is 14.4. The second kappa shape index (κ2) is 10.9. The molecule has 232 valence electrons. The fraction of sp³-hybridized carbons (Fsp3) is 0.516. The van der Waals surface area contributed by atoms with E-state index in [1.54, 1.807) is 20.0 Å². The molecular weight excluding hydrogens is 575 g/mol. The average molecular weight is 610 g/mol. The number of nitrogens with one attached hydrogen (secondary N) is 1. The van der Waals surface area contributed by atoms with Gasteiger partial charge in [-0.05, 0) is 63.9 Å². The van der Waals surface area contributed by atoms with Gasteiger partial charge in [0.1, 0.15) is 29.7 Å². The number of amides is 1. The van der Waals surface area contributed by atoms with Crippen molar-refractivity contribution >= 4 is 11.7 Å². The van der Waals surface area contributed by atoms with Gasteiger partial charge in [-0.1, -0.05) is 0 Å². The van der Waals surface area contributed by atoms with Gasteiger partial charge < -0.3 is 24.6 Å². The van der Waals surface area contributed by atoms with E-state index in [0.717, 1.165) is 63.0 Å². The zero-order valence-corrected chi connectivity index (χ0v) is 24.6. The quantitative estimate of drug-likeness (QED) is 0.394. The molecule has 0 atom stereocenters. The molecule has 44 heavy (non-hydrogen) atoms. The fourth-order valence-corrected chi connectivity index (χ4v) is 7.00. The summed E-state index contributed by atoms with van der Waals surface area (Å²) in [6, 6.07) is 4.52. The molecular formula is C31H34F3N7O3. The van der Waals surface area contributed by atoms with Crippen molar-refractivity contribution in [1.29, 1.82) is 0 Å². The predicted molar refractivity (Wildman–Crippen MR) is 154 cm³/mol. The molecule has 7 rings (SSSR count). The number of rotatable bonds is 8. The summed E-state index contributed by atoms with van der Waals surface area (Å²) < 4.78 is 54.2. The van der Waals surface area contributed by atoms with Crippen LogP contribution in [0.3, 0.4) is 0 Å². The normalized spacial score (nSPS) is 20.4. The van der Waals surface area contributed by atoms with Gasteiger partial charge in [-0.15, -0.1) is 10.2 Å². The summed E-state index contributed by atoms with van der Waals surface area (Å²) in [7, 11) is 0. The van der Waals surface area contributed by atoms with E-state index < -0.39 is 36.5 Å². The molecule has 1 aromatic carbocycles. The van der Waals surface area contributed by atoms with E-state index in [0.29, 0.717) is 5.82 Å². The van der Waals surface area contributed by atoms with Crippen LogP contribution in [0, 0.1) is 11.2 Å². The topological polar surface area (TPSA) is 106 Å². The van der Waals surface area contributed by atoms with Crippen LogP contribution in [-0.4, -0.2) is 74.7 Å². The highest BCUT2D eigenvalue weighted by atomic mass is 19.3. The monoisotopic (exact) mass is 609 g/mol. The first-order chi connectivity index (χ1) is 21.1. The summed E-state index contributed by atoms with van der Waals surface area (Å²) in [5, 5.41) is 11.4. The summed E-state index contributed by atoms with van der Waals surface area (Å²) in [4.78, 5) is 25.9. The van der Waals surface area contributed by atoms with E-state index in [4.69, 9.17) is 9.47 Å². The minimum absolute atomic E-state index is 0.0555. The molecule has 4 aliphatic rings. The van der Waals surface area contributed by atoms with E-state index in [1.807, 2.05) is 11.0 Å². The van der Waals surface area contributed by atoms with Gasteiger partial charge in [-0.2, -0.15) is 0 Å². The van der Waals surface area contributed by atoms with E-state index in [1.165, 1.54) is 28.9 Å². The molecule has 10 nitrogen and oxygen atoms in total. The first-order valence-corrected chi connectivity index (χ1v) is 15.0. The van der Waals surface area contributed by atoms with Crippen LogP contribution in [0.15, 0.2) is 36.8 Å². The van der Waals surface area contributed by atoms with Crippen molar-refractivity contribution in [2.24, 2.45) is 5.41 Å². The number of carbonyl (C=O) groups excluding carboxylic acids is 1. The number of halogens is 3. The highest BCUT2D eigenvalue weighted by molar-refractivity contribution is 5.97. The summed E-state index contributed by atoms with van der Waals surface area (Å²) in [5.74, 6) is -2.50. The van der Waals surface area contributed by atoms with Crippen LogP contribution >= 0.6 is 0 Å². The van der Waals surface area contributed by atoms with Gasteiger partial charge in [-0.25, -0.2) is 18.2 Å². The molecule has 1 N–H and O–H groups in total. The molecule has 0 bridgehead atoms. The lowest BCUT2D eigenvalue weighted by atomic mass is 9.61. The Morgan fingerprint density at radius 1 is 1.11 bits per heavy atom. The molecule has 3 fully saturated rings. The van der Waals surface area contributed by atoms with Crippen molar-refractivity contribution in [3.8, 4) is 17.4 Å². The van der Waals surface area contributed by atoms with Crippen molar-refractivity contribution in [3.63, 3.8) is 0 Å². The van der Waals surface area contributed by atoms with E-state index in [9.17, 15) is 18.0 Å². The molecule has 0 radical (unpaired) electrons. The Kier molecular flexibility index (Phi) is 7.10. The van der Waals surface area contributed by atoms with Gasteiger partial charge in [0.2, 0.25) is 0 Å². The van der Waals surface area contributed by atoms with Gasteiger partial charge in [0.05, 0.1) is 11.3 Å². The summed E-state index contributed by atoms with van der Waals surface area (Å²) in [5.41, 5.74) is 2.27. The number of carbonyl (C=O) groups is 1. The van der Waals surface area contributed by atoms with Crippen molar-refractivity contribution in [2.45, 2.75) is 76.6 Å². The molecule has 3 aromatic rings. The van der Waals surface area contributed by atoms with Crippen LogP contribution < -0.4 is 19.7 Å². The number of benzene rings is 1. The van der Waals surface area contributed by atoms with Crippen LogP contribution in [-0.2, 0) is 13.0 Å². The Morgan fingerprint density at radius 3 is 2.66 bits per heavy atom. The first kappa shape index (κ1) is 28.8. The lowest BCUT2D eigenvalue weighted by Gasteiger charge is -2.58. The lowest BCUT2D eigenvalue weighted by Crippen LogP contribution is -2.65. The maximum atomic E-state index is 14.4. The number of pyridine rings is 1. The molecule has 2 aliphatic heterocycles. The molecule has 4 heterocycles. The number of fused-ring (bicyclic) bond motifs is 1. The van der Waals surface area contributed by atoms with Crippen molar-refractivity contribution in [2.75, 3.05) is 24.5 Å². The number of anilines is 1. The van der Waals surface area contributed by atoms with Gasteiger partial charge in [0, 0.05) is 61.7 Å². The third kappa shape index (κ3) is 5.31. The van der Waals surface area contributed by atoms with Crippen LogP contribution in [0.4, 0.5) is 19.0 Å². The van der Waals surface area contributed by atoms with E-state index in [-0.39, 0.29) is 34.8 Å². The second-order valence-corrected chi connectivity index (χ2v) is 12.7. The van der Waals surface area contributed by atoms with Gasteiger partial charge in [0.25, 0.3) is 17.7 Å². The van der Waals surface area contributed by atoms with Crippen LogP contribution in [0.5, 0.6) is 17.4 Å².